The molecule has 0 aromatic carbocycles. The number of hydrogen-bond acceptors (Lipinski definition) is 4. The van der Waals surface area contributed by atoms with Crippen LogP contribution < -0.4 is 0 Å². The van der Waals surface area contributed by atoms with Gasteiger partial charge in [-0.25, -0.2) is 0 Å². The van der Waals surface area contributed by atoms with Crippen LogP contribution in [0.4, 0.5) is 0 Å². The number of piperidine rings is 1. The Morgan fingerprint density at radius 2 is 1.86 bits per heavy atom. The molecule has 128 valence electrons. The Kier molecular flexibility index (Phi) is 6.66. The number of hydrogen-bond donors (Lipinski definition) is 1. The highest BCUT2D eigenvalue weighted by Gasteiger charge is 2.34. The molecule has 5 nitrogen and oxygen atoms in total. The molecule has 0 amide bonds. The lowest BCUT2D eigenvalue weighted by molar-refractivity contribution is -0.137. The molecule has 0 aromatic heterocycles. The van der Waals surface area contributed by atoms with Gasteiger partial charge in [0, 0.05) is 51.7 Å². The van der Waals surface area contributed by atoms with Gasteiger partial charge in [-0.05, 0) is 38.3 Å². The number of carboxylic acids is 1. The Balaban J connectivity index is 1.95. The fraction of sp³-hybridized carbons (Fsp3) is 0.941. The highest BCUT2D eigenvalue weighted by Crippen LogP contribution is 2.27. The molecule has 2 heterocycles. The molecule has 2 aliphatic rings. The van der Waals surface area contributed by atoms with Crippen LogP contribution in [0.25, 0.3) is 0 Å². The van der Waals surface area contributed by atoms with Crippen molar-refractivity contribution in [1.29, 1.82) is 0 Å². The van der Waals surface area contributed by atoms with Crippen LogP contribution >= 0.6 is 0 Å². The highest BCUT2D eigenvalue weighted by molar-refractivity contribution is 5.66. The van der Waals surface area contributed by atoms with Gasteiger partial charge in [0.05, 0.1) is 0 Å². The van der Waals surface area contributed by atoms with Crippen molar-refractivity contribution in [2.24, 2.45) is 11.8 Å². The maximum absolute atomic E-state index is 11.0. The van der Waals surface area contributed by atoms with Crippen LogP contribution in [0, 0.1) is 11.8 Å². The maximum Gasteiger partial charge on any atom is 0.303 e. The van der Waals surface area contributed by atoms with Crippen LogP contribution in [0.3, 0.4) is 0 Å². The van der Waals surface area contributed by atoms with Crippen LogP contribution in [0.2, 0.25) is 0 Å². The van der Waals surface area contributed by atoms with Crippen LogP contribution in [-0.2, 0) is 4.79 Å². The van der Waals surface area contributed by atoms with E-state index in [0.717, 1.165) is 45.7 Å². The molecular weight excluding hydrogens is 278 g/mol. The number of rotatable bonds is 6. The second kappa shape index (κ2) is 8.27. The Labute approximate surface area is 135 Å². The number of aliphatic carboxylic acids is 1. The summed E-state index contributed by atoms with van der Waals surface area (Å²) in [4.78, 5) is 18.5. The summed E-state index contributed by atoms with van der Waals surface area (Å²) in [7, 11) is 2.19. The number of carboxylic acid groups (broad SMARTS) is 1. The van der Waals surface area contributed by atoms with Gasteiger partial charge in [-0.3, -0.25) is 9.69 Å². The number of likely N-dealkylation sites (N-methyl/N-ethyl adjacent to an activating group) is 1. The van der Waals surface area contributed by atoms with E-state index in [2.05, 4.69) is 35.6 Å². The zero-order valence-electron chi connectivity index (χ0n) is 14.5. The topological polar surface area (TPSA) is 47.0 Å². The van der Waals surface area contributed by atoms with Gasteiger partial charge in [-0.1, -0.05) is 13.8 Å². The normalized spacial score (nSPS) is 29.1. The minimum Gasteiger partial charge on any atom is -0.481 e. The summed E-state index contributed by atoms with van der Waals surface area (Å²) in [6.45, 7) is 12.4. The fourth-order valence-corrected chi connectivity index (χ4v) is 4.00. The van der Waals surface area contributed by atoms with Crippen LogP contribution in [0.15, 0.2) is 0 Å². The number of carbonyl (C=O) groups is 1. The summed E-state index contributed by atoms with van der Waals surface area (Å²) >= 11 is 0. The van der Waals surface area contributed by atoms with Crippen molar-refractivity contribution in [2.75, 3.05) is 52.9 Å². The van der Waals surface area contributed by atoms with Gasteiger partial charge in [0.2, 0.25) is 0 Å². The minimum absolute atomic E-state index is 0.310. The molecule has 2 fully saturated rings. The van der Waals surface area contributed by atoms with Gasteiger partial charge in [0.15, 0.2) is 0 Å². The smallest absolute Gasteiger partial charge is 0.303 e. The van der Waals surface area contributed by atoms with E-state index in [4.69, 9.17) is 5.11 Å². The molecule has 0 aromatic rings. The van der Waals surface area contributed by atoms with Gasteiger partial charge >= 0.3 is 5.97 Å². The van der Waals surface area contributed by atoms with Crippen molar-refractivity contribution < 1.29 is 9.90 Å². The zero-order chi connectivity index (χ0) is 16.1. The summed E-state index contributed by atoms with van der Waals surface area (Å²) in [5, 5.41) is 9.05. The average molecular weight is 311 g/mol. The second-order valence-electron chi connectivity index (χ2n) is 7.54. The second-order valence-corrected chi connectivity index (χ2v) is 7.54. The van der Waals surface area contributed by atoms with E-state index >= 15 is 0 Å². The molecule has 0 aliphatic carbocycles. The van der Waals surface area contributed by atoms with E-state index in [1.54, 1.807) is 0 Å². The third-order valence-corrected chi connectivity index (χ3v) is 5.14. The lowest BCUT2D eigenvalue weighted by atomic mass is 9.86. The third-order valence-electron chi connectivity index (χ3n) is 5.14. The molecule has 0 spiro atoms. The lowest BCUT2D eigenvalue weighted by Gasteiger charge is -2.46. The maximum atomic E-state index is 11.0. The Morgan fingerprint density at radius 1 is 1.18 bits per heavy atom. The molecule has 22 heavy (non-hydrogen) atoms. The van der Waals surface area contributed by atoms with Crippen LogP contribution in [0.1, 0.15) is 33.1 Å². The molecule has 0 unspecified atom stereocenters. The first kappa shape index (κ1) is 17.7. The summed E-state index contributed by atoms with van der Waals surface area (Å²) in [5.41, 5.74) is 0. The Morgan fingerprint density at radius 3 is 2.45 bits per heavy atom. The van der Waals surface area contributed by atoms with Gasteiger partial charge in [-0.15, -0.1) is 0 Å². The van der Waals surface area contributed by atoms with Crippen molar-refractivity contribution in [3.8, 4) is 0 Å². The molecule has 1 N–H and O–H groups in total. The standard InChI is InChI=1S/C17H33N3O2/c1-14(2)12-19-7-6-16(15(13-19)4-5-17(21)22)20-10-8-18(3)9-11-20/h14-16H,4-13H2,1-3H3,(H,21,22)/t15-,16+/m0/s1. The van der Waals surface area contributed by atoms with Gasteiger partial charge in [-0.2, -0.15) is 0 Å². The first-order chi connectivity index (χ1) is 10.5. The molecule has 2 rings (SSSR count). The average Bonchev–Trinajstić information content (AvgIpc) is 2.46. The molecule has 2 saturated heterocycles. The Bertz CT molecular complexity index is 354. The third kappa shape index (κ3) is 5.21. The zero-order valence-corrected chi connectivity index (χ0v) is 14.5. The molecule has 5 heteroatoms. The molecule has 2 aliphatic heterocycles. The summed E-state index contributed by atoms with van der Waals surface area (Å²) in [6, 6.07) is 0.580. The lowest BCUT2D eigenvalue weighted by Crippen LogP contribution is -2.56. The SMILES string of the molecule is CC(C)CN1CC[C@@H](N2CCN(C)CC2)[C@@H](CCC(=O)O)C1. The van der Waals surface area contributed by atoms with Gasteiger partial charge in [0.25, 0.3) is 0 Å². The summed E-state index contributed by atoms with van der Waals surface area (Å²) < 4.78 is 0. The van der Waals surface area contributed by atoms with Crippen molar-refractivity contribution in [1.82, 2.24) is 14.7 Å². The van der Waals surface area contributed by atoms with E-state index in [-0.39, 0.29) is 0 Å². The van der Waals surface area contributed by atoms with E-state index in [9.17, 15) is 4.79 Å². The van der Waals surface area contributed by atoms with Gasteiger partial charge < -0.3 is 14.9 Å². The van der Waals surface area contributed by atoms with E-state index < -0.39 is 5.97 Å². The summed E-state index contributed by atoms with van der Waals surface area (Å²) in [6.07, 6.45) is 2.33. The number of likely N-dealkylation sites (tertiary alicyclic amines) is 1. The molecule has 2 atom stereocenters. The number of nitrogens with zero attached hydrogens (tertiary/aromatic N) is 3. The van der Waals surface area contributed by atoms with Crippen LogP contribution in [0.5, 0.6) is 0 Å². The fourth-order valence-electron chi connectivity index (χ4n) is 4.00. The molecule has 0 saturated carbocycles. The number of piperazine rings is 1. The van der Waals surface area contributed by atoms with Gasteiger partial charge in [0.1, 0.15) is 0 Å². The highest BCUT2D eigenvalue weighted by atomic mass is 16.4. The van der Waals surface area contributed by atoms with E-state index in [1.165, 1.54) is 13.0 Å². The first-order valence-corrected chi connectivity index (χ1v) is 8.82. The minimum atomic E-state index is -0.655. The summed E-state index contributed by atoms with van der Waals surface area (Å²) in [5.74, 6) is 0.533. The Hall–Kier alpha value is -0.650. The molecular formula is C17H33N3O2. The first-order valence-electron chi connectivity index (χ1n) is 8.82. The van der Waals surface area contributed by atoms with Crippen molar-refractivity contribution in [3.63, 3.8) is 0 Å². The monoisotopic (exact) mass is 311 g/mol. The molecule has 0 bridgehead atoms. The van der Waals surface area contributed by atoms with Crippen molar-refractivity contribution in [2.45, 2.75) is 39.2 Å². The van der Waals surface area contributed by atoms with Crippen molar-refractivity contribution >= 4 is 5.97 Å². The predicted molar refractivity (Wildman–Crippen MR) is 89.1 cm³/mol. The van der Waals surface area contributed by atoms with Crippen molar-refractivity contribution in [3.05, 3.63) is 0 Å². The quantitative estimate of drug-likeness (QED) is 0.804. The molecule has 0 radical (unpaired) electrons. The van der Waals surface area contributed by atoms with Crippen LogP contribution in [-0.4, -0.2) is 84.7 Å². The van der Waals surface area contributed by atoms with E-state index in [1.807, 2.05) is 0 Å². The largest absolute Gasteiger partial charge is 0.481 e. The van der Waals surface area contributed by atoms with E-state index in [0.29, 0.717) is 24.3 Å². The predicted octanol–water partition coefficient (Wildman–Crippen LogP) is 1.45.